The molecule has 5 aromatic carbocycles. The van der Waals surface area contributed by atoms with Crippen LogP contribution in [0.5, 0.6) is 11.5 Å². The first-order chi connectivity index (χ1) is 29.3. The number of hydrogen-bond acceptors (Lipinski definition) is 4. The summed E-state index contributed by atoms with van der Waals surface area (Å²) in [6, 6.07) is 38.2. The molecule has 17 heteroatoms. The fourth-order valence-corrected chi connectivity index (χ4v) is 11.2. The van der Waals surface area contributed by atoms with Crippen LogP contribution >= 0.6 is 11.3 Å². The van der Waals surface area contributed by atoms with E-state index in [1.165, 1.54) is 60.3 Å². The maximum atomic E-state index is 7.28. The first kappa shape index (κ1) is 43.8. The molecule has 0 unspecified atom stereocenters. The molecule has 0 atom stereocenters. The summed E-state index contributed by atoms with van der Waals surface area (Å²) in [5.74, 6) is 1.82. The number of imidazole rings is 1. The fraction of sp³-hybridized carbons (Fsp3) is 0.217. The smallest absolute Gasteiger partial charge is 0.195 e. The molecule has 1 aliphatic heterocycles. The van der Waals surface area contributed by atoms with Gasteiger partial charge in [0.2, 0.25) is 0 Å². The standard InChI is InChI=1S/C46H53B12N3OS/c1-41(2)25-9-5-8-12-34(25)62-38-29(42(41,3)4)16-15-27(45(53,54)55)36(38)31-19-17-28(46(56,57)58)37(59-31)23-21-22(13-14-24(23)43(47,48)49)35-26(44(50,51)52)18-20-33-39(35)63-40-60-30-10-6-7-11-32(30)61(33)40/h5-21H,47-58H2,1-4H3. The van der Waals surface area contributed by atoms with E-state index in [1.54, 1.807) is 11.3 Å². The Kier molecular flexibility index (Phi) is 10.1. The van der Waals surface area contributed by atoms with Crippen LogP contribution in [0.1, 0.15) is 61.1 Å². The van der Waals surface area contributed by atoms with Gasteiger partial charge in [-0.1, -0.05) is 143 Å². The molecule has 4 heterocycles. The molecule has 0 bridgehead atoms. The van der Waals surface area contributed by atoms with E-state index in [0.717, 1.165) is 44.4 Å². The van der Waals surface area contributed by atoms with Gasteiger partial charge in [-0.15, -0.1) is 0 Å². The van der Waals surface area contributed by atoms with Gasteiger partial charge in [0.05, 0.1) is 127 Å². The van der Waals surface area contributed by atoms with Gasteiger partial charge in [-0.2, -0.15) is 0 Å². The number of para-hydroxylation sites is 3. The van der Waals surface area contributed by atoms with E-state index >= 15 is 0 Å². The third-order valence-corrected chi connectivity index (χ3v) is 15.3. The SMILES string of the molecule is BC(B)(B)c1ccc(-c2c(C(B)(B)B)ccc3c2sc2nc4ccccc4n23)cc1-c1nc(-c2c(C(B)(B)B)ccc3c2Oc2ccccc2C(C)(C)C3(C)C)ccc1C(B)(B)B. The van der Waals surface area contributed by atoms with E-state index in [4.69, 9.17) is 14.7 Å². The van der Waals surface area contributed by atoms with E-state index in [2.05, 4.69) is 229 Å². The summed E-state index contributed by atoms with van der Waals surface area (Å²) in [5.41, 5.74) is 17.0. The molecule has 8 aromatic rings. The molecule has 0 spiro atoms. The lowest BCUT2D eigenvalue weighted by Crippen LogP contribution is -2.39. The Morgan fingerprint density at radius 1 is 0.540 bits per heavy atom. The molecule has 63 heavy (non-hydrogen) atoms. The molecule has 0 aliphatic carbocycles. The average Bonchev–Trinajstić information content (AvgIpc) is 3.73. The number of aromatic nitrogens is 3. The van der Waals surface area contributed by atoms with E-state index in [9.17, 15) is 0 Å². The van der Waals surface area contributed by atoms with Crippen LogP contribution in [0.3, 0.4) is 0 Å². The number of rotatable bonds is 7. The second-order valence-corrected chi connectivity index (χ2v) is 24.2. The third-order valence-electron chi connectivity index (χ3n) is 14.2. The van der Waals surface area contributed by atoms with Crippen molar-refractivity contribution in [1.29, 1.82) is 0 Å². The molecular weight excluding hydrogens is 772 g/mol. The van der Waals surface area contributed by atoms with E-state index in [0.29, 0.717) is 0 Å². The topological polar surface area (TPSA) is 39.4 Å². The molecule has 1 aliphatic rings. The summed E-state index contributed by atoms with van der Waals surface area (Å²) >= 11 is 1.79. The van der Waals surface area contributed by atoms with Crippen LogP contribution in [0.15, 0.2) is 103 Å². The van der Waals surface area contributed by atoms with Crippen molar-refractivity contribution in [2.24, 2.45) is 0 Å². The second kappa shape index (κ2) is 14.5. The maximum absolute atomic E-state index is 7.28. The quantitative estimate of drug-likeness (QED) is 0.204. The van der Waals surface area contributed by atoms with Crippen molar-refractivity contribution >= 4 is 132 Å². The summed E-state index contributed by atoms with van der Waals surface area (Å²) < 4.78 is 10.9. The number of benzene rings is 5. The van der Waals surface area contributed by atoms with Crippen molar-refractivity contribution < 1.29 is 4.74 Å². The second-order valence-electron chi connectivity index (χ2n) is 23.2. The third kappa shape index (κ3) is 7.06. The normalized spacial score (nSPS) is 15.2. The van der Waals surface area contributed by atoms with E-state index in [-0.39, 0.29) is 31.3 Å². The zero-order valence-electron chi connectivity index (χ0n) is 40.5. The minimum Gasteiger partial charge on any atom is -0.456 e. The molecule has 0 amide bonds. The van der Waals surface area contributed by atoms with Crippen molar-refractivity contribution in [2.45, 2.75) is 59.0 Å². The van der Waals surface area contributed by atoms with Gasteiger partial charge in [-0.25, -0.2) is 9.97 Å². The van der Waals surface area contributed by atoms with Crippen LogP contribution < -0.4 is 4.74 Å². The van der Waals surface area contributed by atoms with Crippen LogP contribution in [0.2, 0.25) is 0 Å². The monoisotopic (exact) mass is 828 g/mol. The Labute approximate surface area is 389 Å². The number of fused-ring (bicyclic) bond motifs is 7. The highest BCUT2D eigenvalue weighted by molar-refractivity contribution is 7.24. The zero-order valence-corrected chi connectivity index (χ0v) is 41.3. The molecule has 9 rings (SSSR count). The average molecular weight is 826 g/mol. The summed E-state index contributed by atoms with van der Waals surface area (Å²) in [6.45, 7) is 9.47. The van der Waals surface area contributed by atoms with Gasteiger partial charge >= 0.3 is 0 Å². The van der Waals surface area contributed by atoms with Gasteiger partial charge < -0.3 is 4.74 Å². The van der Waals surface area contributed by atoms with Gasteiger partial charge in [-0.3, -0.25) is 4.40 Å². The Bertz CT molecular complexity index is 3170. The highest BCUT2D eigenvalue weighted by Gasteiger charge is 2.46. The van der Waals surface area contributed by atoms with Crippen LogP contribution in [-0.4, -0.2) is 109 Å². The van der Waals surface area contributed by atoms with Crippen molar-refractivity contribution in [3.8, 4) is 45.1 Å². The minimum atomic E-state index is -0.260. The molecule has 0 N–H and O–H groups in total. The highest BCUT2D eigenvalue weighted by atomic mass is 32.1. The molecule has 300 valence electrons. The summed E-state index contributed by atoms with van der Waals surface area (Å²) in [4.78, 5) is 12.1. The van der Waals surface area contributed by atoms with Crippen LogP contribution in [0, 0.1) is 0 Å². The van der Waals surface area contributed by atoms with E-state index < -0.39 is 0 Å². The van der Waals surface area contributed by atoms with Crippen LogP contribution in [0.4, 0.5) is 0 Å². The van der Waals surface area contributed by atoms with Crippen LogP contribution in [-0.2, 0) is 31.3 Å². The zero-order chi connectivity index (χ0) is 45.4. The summed E-state index contributed by atoms with van der Waals surface area (Å²) in [6.07, 6.45) is 0. The molecular formula is C46H53B12N3OS. The highest BCUT2D eigenvalue weighted by Crippen LogP contribution is 2.56. The number of nitrogens with zero attached hydrogens (tertiary/aromatic N) is 3. The predicted molar refractivity (Wildman–Crippen MR) is 304 cm³/mol. The maximum Gasteiger partial charge on any atom is 0.195 e. The Balaban J connectivity index is 1.36. The van der Waals surface area contributed by atoms with Crippen molar-refractivity contribution in [3.63, 3.8) is 0 Å². The number of hydrogen-bond donors (Lipinski definition) is 0. The number of ether oxygens (including phenoxy) is 1. The summed E-state index contributed by atoms with van der Waals surface area (Å²) in [5, 5.41) is -0.645. The van der Waals surface area contributed by atoms with Crippen molar-refractivity contribution in [3.05, 3.63) is 137 Å². The largest absolute Gasteiger partial charge is 0.456 e. The number of thiazole rings is 1. The molecule has 4 nitrogen and oxygen atoms in total. The minimum absolute atomic E-state index is 0.106. The summed E-state index contributed by atoms with van der Waals surface area (Å²) in [7, 11) is 27.9. The first-order valence-electron chi connectivity index (χ1n) is 22.8. The molecule has 0 saturated heterocycles. The Morgan fingerprint density at radius 3 is 1.79 bits per heavy atom. The van der Waals surface area contributed by atoms with E-state index in [1.807, 2.05) is 0 Å². The van der Waals surface area contributed by atoms with Gasteiger partial charge in [0, 0.05) is 38.6 Å². The predicted octanol–water partition coefficient (Wildman–Crippen LogP) is -0.502. The van der Waals surface area contributed by atoms with Gasteiger partial charge in [0.15, 0.2) is 4.96 Å². The molecule has 0 fully saturated rings. The van der Waals surface area contributed by atoms with Crippen molar-refractivity contribution in [2.75, 3.05) is 0 Å². The van der Waals surface area contributed by atoms with Gasteiger partial charge in [-0.05, 0) is 47.5 Å². The van der Waals surface area contributed by atoms with Crippen LogP contribution in [0.25, 0.3) is 59.9 Å². The lowest BCUT2D eigenvalue weighted by atomic mass is 9.38. The van der Waals surface area contributed by atoms with Gasteiger partial charge in [0.1, 0.15) is 11.5 Å². The molecule has 0 radical (unpaired) electrons. The first-order valence-corrected chi connectivity index (χ1v) is 23.6. The Morgan fingerprint density at radius 2 is 1.11 bits per heavy atom. The van der Waals surface area contributed by atoms with Crippen molar-refractivity contribution in [1.82, 2.24) is 14.4 Å². The van der Waals surface area contributed by atoms with Gasteiger partial charge in [0.25, 0.3) is 0 Å². The lowest BCUT2D eigenvalue weighted by Gasteiger charge is -2.42. The number of pyridine rings is 1. The molecule has 3 aromatic heterocycles. The molecule has 0 saturated carbocycles. The fourth-order valence-electron chi connectivity index (χ4n) is 10.0. The Hall–Kier alpha value is -4.48. The lowest BCUT2D eigenvalue weighted by molar-refractivity contribution is 0.306.